The van der Waals surface area contributed by atoms with Crippen LogP contribution in [0.2, 0.25) is 0 Å². The molecule has 0 spiro atoms. The average molecular weight is 565 g/mol. The van der Waals surface area contributed by atoms with Crippen molar-refractivity contribution in [3.8, 4) is 0 Å². The number of alkyl halides is 1. The zero-order valence-corrected chi connectivity index (χ0v) is 22.7. The van der Waals surface area contributed by atoms with Gasteiger partial charge < -0.3 is 42.6 Å². The van der Waals surface area contributed by atoms with E-state index in [2.05, 4.69) is 0 Å². The Hall–Kier alpha value is -1.67. The summed E-state index contributed by atoms with van der Waals surface area (Å²) >= 11 is 5.49. The third-order valence-electron chi connectivity index (χ3n) is 4.51. The van der Waals surface area contributed by atoms with Crippen LogP contribution in [0, 0.1) is 0 Å². The lowest BCUT2D eigenvalue weighted by atomic mass is 10.1. The zero-order chi connectivity index (χ0) is 27.4. The van der Waals surface area contributed by atoms with Gasteiger partial charge in [0.1, 0.15) is 6.61 Å². The van der Waals surface area contributed by atoms with Crippen molar-refractivity contribution < 1.29 is 52.2 Å². The number of ketones is 1. The van der Waals surface area contributed by atoms with Crippen molar-refractivity contribution in [3.63, 3.8) is 0 Å². The molecule has 0 heterocycles. The summed E-state index contributed by atoms with van der Waals surface area (Å²) in [6, 6.07) is 8.26. The Morgan fingerprint density at radius 1 is 0.474 bits per heavy atom. The molecule has 1 rings (SSSR count). The third-order valence-corrected chi connectivity index (χ3v) is 4.66. The predicted molar refractivity (Wildman–Crippen MR) is 139 cm³/mol. The van der Waals surface area contributed by atoms with E-state index in [9.17, 15) is 9.59 Å². The Balaban J connectivity index is 1.71. The monoisotopic (exact) mass is 564 g/mol. The lowest BCUT2D eigenvalue weighted by Crippen LogP contribution is -2.20. The van der Waals surface area contributed by atoms with Crippen molar-refractivity contribution in [2.24, 2.45) is 0 Å². The van der Waals surface area contributed by atoms with Gasteiger partial charge in [-0.2, -0.15) is 0 Å². The molecule has 0 saturated carbocycles. The molecule has 0 saturated heterocycles. The van der Waals surface area contributed by atoms with Gasteiger partial charge in [0.05, 0.1) is 106 Å². The lowest BCUT2D eigenvalue weighted by Gasteiger charge is -2.08. The molecule has 0 atom stereocenters. The van der Waals surface area contributed by atoms with E-state index >= 15 is 0 Å². The molecule has 0 radical (unpaired) electrons. The molecule has 11 nitrogen and oxygen atoms in total. The Morgan fingerprint density at radius 3 is 1.13 bits per heavy atom. The number of ether oxygens (including phenoxy) is 9. The van der Waals surface area contributed by atoms with E-state index in [1.54, 1.807) is 30.3 Å². The van der Waals surface area contributed by atoms with Crippen LogP contribution in [-0.4, -0.2) is 130 Å². The molecule has 218 valence electrons. The fourth-order valence-corrected chi connectivity index (χ4v) is 2.77. The van der Waals surface area contributed by atoms with Gasteiger partial charge in [-0.25, -0.2) is 4.79 Å². The van der Waals surface area contributed by atoms with Gasteiger partial charge in [-0.1, -0.05) is 30.3 Å². The van der Waals surface area contributed by atoms with Gasteiger partial charge in [-0.05, 0) is 0 Å². The maximum absolute atomic E-state index is 11.8. The highest BCUT2D eigenvalue weighted by molar-refractivity contribution is 6.40. The standard InChI is InChI=1S/C26H41ClO11/c27-6-7-30-8-9-31-10-11-32-12-13-33-14-15-34-16-17-35-18-19-36-20-21-37-22-23-38-26(29)25(28)24-4-2-1-3-5-24/h1-5H,6-23H2. The fourth-order valence-electron chi connectivity index (χ4n) is 2.66. The first kappa shape index (κ1) is 34.4. The number of benzene rings is 1. The molecule has 38 heavy (non-hydrogen) atoms. The molecular weight excluding hydrogens is 524 g/mol. The highest BCUT2D eigenvalue weighted by atomic mass is 35.5. The molecule has 0 unspecified atom stereocenters. The van der Waals surface area contributed by atoms with E-state index in [0.29, 0.717) is 111 Å². The first-order chi connectivity index (χ1) is 18.8. The van der Waals surface area contributed by atoms with E-state index in [1.807, 2.05) is 0 Å². The number of halogens is 1. The van der Waals surface area contributed by atoms with Crippen LogP contribution >= 0.6 is 11.6 Å². The van der Waals surface area contributed by atoms with Crippen LogP contribution in [0.5, 0.6) is 0 Å². The van der Waals surface area contributed by atoms with E-state index in [0.717, 1.165) is 0 Å². The number of hydrogen-bond donors (Lipinski definition) is 0. The number of rotatable bonds is 28. The van der Waals surface area contributed by atoms with Gasteiger partial charge in [-0.3, -0.25) is 4.79 Å². The molecule has 0 amide bonds. The van der Waals surface area contributed by atoms with Crippen LogP contribution in [0.4, 0.5) is 0 Å². The summed E-state index contributed by atoms with van der Waals surface area (Å²) in [5.41, 5.74) is 0.298. The number of hydrogen-bond acceptors (Lipinski definition) is 11. The highest BCUT2D eigenvalue weighted by Crippen LogP contribution is 2.01. The van der Waals surface area contributed by atoms with Crippen LogP contribution in [0.15, 0.2) is 30.3 Å². The molecule has 0 aromatic heterocycles. The smallest absolute Gasteiger partial charge is 0.379 e. The second-order valence-corrected chi connectivity index (χ2v) is 7.80. The van der Waals surface area contributed by atoms with Gasteiger partial charge in [-0.15, -0.1) is 11.6 Å². The van der Waals surface area contributed by atoms with E-state index in [1.165, 1.54) is 0 Å². The van der Waals surface area contributed by atoms with Crippen molar-refractivity contribution in [3.05, 3.63) is 35.9 Å². The van der Waals surface area contributed by atoms with Gasteiger partial charge in [0, 0.05) is 11.4 Å². The van der Waals surface area contributed by atoms with Gasteiger partial charge in [0.15, 0.2) is 0 Å². The first-order valence-electron chi connectivity index (χ1n) is 12.7. The molecule has 12 heteroatoms. The summed E-state index contributed by atoms with van der Waals surface area (Å²) < 4.78 is 47.8. The van der Waals surface area contributed by atoms with Crippen molar-refractivity contribution >= 4 is 23.4 Å². The minimum atomic E-state index is -0.895. The zero-order valence-electron chi connectivity index (χ0n) is 22.0. The van der Waals surface area contributed by atoms with E-state index in [-0.39, 0.29) is 13.2 Å². The quantitative estimate of drug-likeness (QED) is 0.0487. The Morgan fingerprint density at radius 2 is 0.789 bits per heavy atom. The normalized spacial score (nSPS) is 11.1. The minimum absolute atomic E-state index is 0.00164. The summed E-state index contributed by atoms with van der Waals surface area (Å²) in [6.07, 6.45) is 0. The Kier molecular flexibility index (Phi) is 24.3. The highest BCUT2D eigenvalue weighted by Gasteiger charge is 2.17. The largest absolute Gasteiger partial charge is 0.457 e. The van der Waals surface area contributed by atoms with Crippen molar-refractivity contribution in [2.45, 2.75) is 0 Å². The molecule has 0 fully saturated rings. The van der Waals surface area contributed by atoms with Gasteiger partial charge in [0.25, 0.3) is 5.78 Å². The summed E-state index contributed by atoms with van der Waals surface area (Å²) in [5, 5.41) is 0. The molecule has 0 N–H and O–H groups in total. The topological polar surface area (TPSA) is 117 Å². The molecule has 1 aromatic carbocycles. The third kappa shape index (κ3) is 21.3. The maximum atomic E-state index is 11.8. The lowest BCUT2D eigenvalue weighted by molar-refractivity contribution is -0.139. The maximum Gasteiger partial charge on any atom is 0.379 e. The summed E-state index contributed by atoms with van der Waals surface area (Å²) in [7, 11) is 0. The summed E-state index contributed by atoms with van der Waals surface area (Å²) in [5.74, 6) is -1.08. The second-order valence-electron chi connectivity index (χ2n) is 7.42. The SMILES string of the molecule is O=C(OCCOCCOCCOCCOCCOCCOCCOCCOCCCl)C(=O)c1ccccc1. The first-order valence-corrected chi connectivity index (χ1v) is 13.2. The van der Waals surface area contributed by atoms with Crippen molar-refractivity contribution in [1.29, 1.82) is 0 Å². The van der Waals surface area contributed by atoms with Gasteiger partial charge in [0.2, 0.25) is 0 Å². The van der Waals surface area contributed by atoms with Crippen LogP contribution in [0.25, 0.3) is 0 Å². The number of Topliss-reactive ketones (excluding diaryl/α,β-unsaturated/α-hetero) is 1. The minimum Gasteiger partial charge on any atom is -0.457 e. The Bertz CT molecular complexity index is 678. The molecular formula is C26H41ClO11. The van der Waals surface area contributed by atoms with Crippen molar-refractivity contribution in [1.82, 2.24) is 0 Å². The summed E-state index contributed by atoms with van der Waals surface area (Å²) in [4.78, 5) is 23.5. The average Bonchev–Trinajstić information content (AvgIpc) is 2.94. The molecule has 0 aliphatic carbocycles. The van der Waals surface area contributed by atoms with Crippen LogP contribution < -0.4 is 0 Å². The second kappa shape index (κ2) is 26.9. The molecule has 1 aromatic rings. The van der Waals surface area contributed by atoms with Crippen LogP contribution in [0.1, 0.15) is 10.4 Å². The fraction of sp³-hybridized carbons (Fsp3) is 0.692. The van der Waals surface area contributed by atoms with E-state index in [4.69, 9.17) is 54.2 Å². The van der Waals surface area contributed by atoms with Crippen molar-refractivity contribution in [2.75, 3.05) is 118 Å². The van der Waals surface area contributed by atoms with E-state index < -0.39 is 11.8 Å². The number of esters is 1. The van der Waals surface area contributed by atoms with Gasteiger partial charge >= 0.3 is 5.97 Å². The molecule has 0 aliphatic rings. The molecule has 0 aliphatic heterocycles. The predicted octanol–water partition coefficient (Wildman–Crippen LogP) is 1.78. The Labute approximate surface area is 229 Å². The number of carbonyl (C=O) groups excluding carboxylic acids is 2. The summed E-state index contributed by atoms with van der Waals surface area (Å²) in [6.45, 7) is 7.34. The van der Waals surface area contributed by atoms with Crippen LogP contribution in [0.3, 0.4) is 0 Å². The molecule has 0 bridgehead atoms. The van der Waals surface area contributed by atoms with Crippen LogP contribution in [-0.2, 0) is 47.4 Å². The number of carbonyl (C=O) groups is 2.